The summed E-state index contributed by atoms with van der Waals surface area (Å²) in [5, 5.41) is 14.1. The fourth-order valence-corrected chi connectivity index (χ4v) is 3.98. The van der Waals surface area contributed by atoms with Gasteiger partial charge in [0, 0.05) is 29.6 Å². The standard InChI is InChI=1S/C23H27N3O4/c1-26(2)10-11-30-19-9-8-14(12-20(19)29-3)21-22-16(13-18(25-21)23(27)28)15-6-4-5-7-17(15)24-22/h4-9,12,18,21,24-25H,10-11,13H2,1-3H3,(H,27,28). The molecule has 0 spiro atoms. The third kappa shape index (κ3) is 3.86. The average Bonchev–Trinajstić information content (AvgIpc) is 3.11. The van der Waals surface area contributed by atoms with E-state index in [1.54, 1.807) is 7.11 Å². The van der Waals surface area contributed by atoms with E-state index in [9.17, 15) is 9.90 Å². The highest BCUT2D eigenvalue weighted by molar-refractivity contribution is 5.87. The van der Waals surface area contributed by atoms with Gasteiger partial charge in [0.05, 0.1) is 13.2 Å². The lowest BCUT2D eigenvalue weighted by atomic mass is 9.90. The van der Waals surface area contributed by atoms with Crippen LogP contribution in [-0.2, 0) is 11.2 Å². The fraction of sp³-hybridized carbons (Fsp3) is 0.348. The van der Waals surface area contributed by atoms with E-state index in [4.69, 9.17) is 9.47 Å². The first kappa shape index (κ1) is 20.3. The molecule has 1 aliphatic heterocycles. The third-order valence-electron chi connectivity index (χ3n) is 5.53. The molecule has 2 unspecified atom stereocenters. The molecule has 7 heteroatoms. The summed E-state index contributed by atoms with van der Waals surface area (Å²) in [4.78, 5) is 17.4. The molecule has 0 radical (unpaired) electrons. The minimum absolute atomic E-state index is 0.285. The van der Waals surface area contributed by atoms with Crippen LogP contribution in [0, 0.1) is 0 Å². The number of likely N-dealkylation sites (N-methyl/N-ethyl adjacent to an activating group) is 1. The van der Waals surface area contributed by atoms with Crippen molar-refractivity contribution in [2.45, 2.75) is 18.5 Å². The summed E-state index contributed by atoms with van der Waals surface area (Å²) in [5.41, 5.74) is 3.98. The summed E-state index contributed by atoms with van der Waals surface area (Å²) in [5.74, 6) is 0.445. The van der Waals surface area contributed by atoms with Crippen molar-refractivity contribution in [2.24, 2.45) is 0 Å². The van der Waals surface area contributed by atoms with Crippen molar-refractivity contribution in [3.8, 4) is 11.5 Å². The first-order valence-electron chi connectivity index (χ1n) is 10.0. The van der Waals surface area contributed by atoms with Gasteiger partial charge in [-0.3, -0.25) is 10.1 Å². The third-order valence-corrected chi connectivity index (χ3v) is 5.53. The van der Waals surface area contributed by atoms with Gasteiger partial charge < -0.3 is 24.5 Å². The van der Waals surface area contributed by atoms with Crippen molar-refractivity contribution in [3.63, 3.8) is 0 Å². The van der Waals surface area contributed by atoms with E-state index < -0.39 is 12.0 Å². The Labute approximate surface area is 175 Å². The van der Waals surface area contributed by atoms with Gasteiger partial charge in [-0.1, -0.05) is 24.3 Å². The van der Waals surface area contributed by atoms with Gasteiger partial charge in [0.15, 0.2) is 11.5 Å². The number of methoxy groups -OCH3 is 1. The molecule has 2 aromatic carbocycles. The fourth-order valence-electron chi connectivity index (χ4n) is 3.98. The number of carboxylic acids is 1. The molecule has 0 saturated heterocycles. The molecule has 0 bridgehead atoms. The van der Waals surface area contributed by atoms with Crippen molar-refractivity contribution in [3.05, 3.63) is 59.3 Å². The second kappa shape index (κ2) is 8.38. The van der Waals surface area contributed by atoms with E-state index in [1.165, 1.54) is 0 Å². The molecular weight excluding hydrogens is 382 g/mol. The molecule has 158 valence electrons. The number of aromatic nitrogens is 1. The molecule has 3 aromatic rings. The highest BCUT2D eigenvalue weighted by Crippen LogP contribution is 2.38. The smallest absolute Gasteiger partial charge is 0.321 e. The number of para-hydroxylation sites is 1. The summed E-state index contributed by atoms with van der Waals surface area (Å²) < 4.78 is 11.4. The van der Waals surface area contributed by atoms with Crippen LogP contribution in [0.1, 0.15) is 22.9 Å². The summed E-state index contributed by atoms with van der Waals surface area (Å²) in [6.45, 7) is 1.35. The summed E-state index contributed by atoms with van der Waals surface area (Å²) in [7, 11) is 5.60. The number of hydrogen-bond acceptors (Lipinski definition) is 5. The van der Waals surface area contributed by atoms with Gasteiger partial charge in [-0.2, -0.15) is 0 Å². The maximum absolute atomic E-state index is 11.8. The number of aliphatic carboxylic acids is 1. The Morgan fingerprint density at radius 1 is 1.20 bits per heavy atom. The topological polar surface area (TPSA) is 86.8 Å². The monoisotopic (exact) mass is 409 g/mol. The second-order valence-electron chi connectivity index (χ2n) is 7.82. The second-order valence-corrected chi connectivity index (χ2v) is 7.82. The zero-order valence-corrected chi connectivity index (χ0v) is 17.4. The van der Waals surface area contributed by atoms with Crippen molar-refractivity contribution in [1.82, 2.24) is 15.2 Å². The van der Waals surface area contributed by atoms with E-state index in [-0.39, 0.29) is 6.04 Å². The highest BCUT2D eigenvalue weighted by Gasteiger charge is 2.34. The molecule has 4 rings (SSSR count). The predicted molar refractivity (Wildman–Crippen MR) is 115 cm³/mol. The number of ether oxygens (including phenoxy) is 2. The van der Waals surface area contributed by atoms with Gasteiger partial charge >= 0.3 is 5.97 Å². The number of rotatable bonds is 7. The van der Waals surface area contributed by atoms with Crippen LogP contribution in [0.3, 0.4) is 0 Å². The van der Waals surface area contributed by atoms with E-state index >= 15 is 0 Å². The number of hydrogen-bond donors (Lipinski definition) is 3. The number of carboxylic acid groups (broad SMARTS) is 1. The lowest BCUT2D eigenvalue weighted by Gasteiger charge is -2.30. The molecule has 0 amide bonds. The van der Waals surface area contributed by atoms with Crippen molar-refractivity contribution in [2.75, 3.05) is 34.4 Å². The van der Waals surface area contributed by atoms with Crippen LogP contribution in [0.4, 0.5) is 0 Å². The summed E-state index contributed by atoms with van der Waals surface area (Å²) in [6, 6.07) is 12.8. The quantitative estimate of drug-likeness (QED) is 0.556. The van der Waals surface area contributed by atoms with Crippen molar-refractivity contribution >= 4 is 16.9 Å². The molecule has 1 aromatic heterocycles. The highest BCUT2D eigenvalue weighted by atomic mass is 16.5. The van der Waals surface area contributed by atoms with Crippen LogP contribution < -0.4 is 14.8 Å². The number of aromatic amines is 1. The Morgan fingerprint density at radius 3 is 2.73 bits per heavy atom. The molecule has 3 N–H and O–H groups in total. The van der Waals surface area contributed by atoms with Crippen LogP contribution >= 0.6 is 0 Å². The Kier molecular flexibility index (Phi) is 5.65. The van der Waals surface area contributed by atoms with Crippen LogP contribution in [0.2, 0.25) is 0 Å². The maximum atomic E-state index is 11.8. The average molecular weight is 409 g/mol. The first-order chi connectivity index (χ1) is 14.5. The van der Waals surface area contributed by atoms with Crippen molar-refractivity contribution < 1.29 is 19.4 Å². The molecule has 0 fully saturated rings. The van der Waals surface area contributed by atoms with E-state index in [0.717, 1.165) is 34.3 Å². The molecule has 0 aliphatic carbocycles. The number of nitrogens with zero attached hydrogens (tertiary/aromatic N) is 1. The van der Waals surface area contributed by atoms with Gasteiger partial charge in [-0.15, -0.1) is 0 Å². The van der Waals surface area contributed by atoms with Crippen LogP contribution in [0.15, 0.2) is 42.5 Å². The molecule has 0 saturated carbocycles. The minimum Gasteiger partial charge on any atom is -0.493 e. The Morgan fingerprint density at radius 2 is 2.00 bits per heavy atom. The van der Waals surface area contributed by atoms with Gasteiger partial charge in [0.1, 0.15) is 12.6 Å². The zero-order chi connectivity index (χ0) is 21.3. The minimum atomic E-state index is -0.855. The normalized spacial score (nSPS) is 18.4. The number of nitrogens with one attached hydrogen (secondary N) is 2. The van der Waals surface area contributed by atoms with E-state index in [0.29, 0.717) is 24.5 Å². The first-order valence-corrected chi connectivity index (χ1v) is 10.0. The van der Waals surface area contributed by atoms with Crippen molar-refractivity contribution in [1.29, 1.82) is 0 Å². The van der Waals surface area contributed by atoms with Gasteiger partial charge in [-0.25, -0.2) is 0 Å². The van der Waals surface area contributed by atoms with Crippen LogP contribution in [0.25, 0.3) is 10.9 Å². The Hall–Kier alpha value is -3.03. The van der Waals surface area contributed by atoms with Gasteiger partial charge in [-0.05, 0) is 43.4 Å². The molecule has 2 heterocycles. The zero-order valence-electron chi connectivity index (χ0n) is 17.4. The number of H-pyrrole nitrogens is 1. The Bertz CT molecular complexity index is 1060. The molecule has 7 nitrogen and oxygen atoms in total. The Balaban J connectivity index is 1.71. The van der Waals surface area contributed by atoms with E-state index in [2.05, 4.69) is 15.2 Å². The molecule has 2 atom stereocenters. The predicted octanol–water partition coefficient (Wildman–Crippen LogP) is 2.81. The molecule has 30 heavy (non-hydrogen) atoms. The molecule has 1 aliphatic rings. The number of carbonyl (C=O) groups is 1. The van der Waals surface area contributed by atoms with Crippen LogP contribution in [-0.4, -0.2) is 61.4 Å². The maximum Gasteiger partial charge on any atom is 0.321 e. The number of benzene rings is 2. The van der Waals surface area contributed by atoms with E-state index in [1.807, 2.05) is 56.6 Å². The lowest BCUT2D eigenvalue weighted by Crippen LogP contribution is -2.44. The summed E-state index contributed by atoms with van der Waals surface area (Å²) >= 11 is 0. The molecular formula is C23H27N3O4. The number of fused-ring (bicyclic) bond motifs is 3. The lowest BCUT2D eigenvalue weighted by molar-refractivity contribution is -0.139. The SMILES string of the molecule is COc1cc(C2NC(C(=O)O)Cc3c2[nH]c2ccccc32)ccc1OCCN(C)C. The van der Waals surface area contributed by atoms with Gasteiger partial charge in [0.25, 0.3) is 0 Å². The summed E-state index contributed by atoms with van der Waals surface area (Å²) in [6.07, 6.45) is 0.439. The van der Waals surface area contributed by atoms with Gasteiger partial charge in [0.2, 0.25) is 0 Å². The van der Waals surface area contributed by atoms with Crippen LogP contribution in [0.5, 0.6) is 11.5 Å². The largest absolute Gasteiger partial charge is 0.493 e.